The Morgan fingerprint density at radius 1 is 1.78 bits per heavy atom. The summed E-state index contributed by atoms with van der Waals surface area (Å²) in [6.07, 6.45) is 1.60. The van der Waals surface area contributed by atoms with Gasteiger partial charge in [0, 0.05) is 13.0 Å². The van der Waals surface area contributed by atoms with Gasteiger partial charge in [0.1, 0.15) is 5.76 Å². The Hall–Kier alpha value is -1.12. The molecule has 0 saturated heterocycles. The molecule has 0 aromatic carbocycles. The molecule has 0 radical (unpaired) electrons. The summed E-state index contributed by atoms with van der Waals surface area (Å²) in [5.74, 6) is 0.132. The summed E-state index contributed by atoms with van der Waals surface area (Å²) in [5.41, 5.74) is 0. The molecule has 3 nitrogen and oxygen atoms in total. The minimum Gasteiger partial charge on any atom is -0.431 e. The third kappa shape index (κ3) is 1.38. The molecule has 48 valence electrons. The zero-order chi connectivity index (χ0) is 6.85. The van der Waals surface area contributed by atoms with E-state index in [1.807, 2.05) is 0 Å². The quantitative estimate of drug-likeness (QED) is 0.478. The monoisotopic (exact) mass is 126 g/mol. The third-order valence-corrected chi connectivity index (χ3v) is 0.945. The van der Waals surface area contributed by atoms with Gasteiger partial charge in [-0.1, -0.05) is 0 Å². The second kappa shape index (κ2) is 2.01. The second-order valence-corrected chi connectivity index (χ2v) is 1.85. The van der Waals surface area contributed by atoms with E-state index < -0.39 is 0 Å². The third-order valence-electron chi connectivity index (χ3n) is 0.945. The Morgan fingerprint density at radius 2 is 2.33 bits per heavy atom. The van der Waals surface area contributed by atoms with Gasteiger partial charge in [-0.25, -0.2) is 0 Å². The first-order valence-corrected chi connectivity index (χ1v) is 2.60. The molecule has 1 aliphatic carbocycles. The highest BCUT2D eigenvalue weighted by molar-refractivity contribution is 5.98. The molecule has 0 aromatic heterocycles. The van der Waals surface area contributed by atoms with Gasteiger partial charge >= 0.3 is 5.97 Å². The van der Waals surface area contributed by atoms with Crippen molar-refractivity contribution in [3.63, 3.8) is 0 Å². The lowest BCUT2D eigenvalue weighted by Crippen LogP contribution is -2.13. The molecule has 0 bridgehead atoms. The van der Waals surface area contributed by atoms with E-state index in [1.54, 1.807) is 0 Å². The molecule has 0 fully saturated rings. The Bertz CT molecular complexity index is 190. The van der Waals surface area contributed by atoms with Crippen LogP contribution in [0.25, 0.3) is 0 Å². The number of hydrogen-bond donors (Lipinski definition) is 0. The average Bonchev–Trinajstić information content (AvgIpc) is 1.60. The number of hydrogen-bond acceptors (Lipinski definition) is 3. The molecule has 9 heavy (non-hydrogen) atoms. The van der Waals surface area contributed by atoms with E-state index >= 15 is 0 Å². The molecule has 0 saturated carbocycles. The molecule has 0 atom stereocenters. The number of rotatable bonds is 1. The predicted molar refractivity (Wildman–Crippen MR) is 29.5 cm³/mol. The van der Waals surface area contributed by atoms with Gasteiger partial charge in [0.2, 0.25) is 0 Å². The number of carbonyl (C=O) groups is 2. The van der Waals surface area contributed by atoms with E-state index in [1.165, 1.54) is 13.0 Å². The van der Waals surface area contributed by atoms with E-state index in [2.05, 4.69) is 4.74 Å². The van der Waals surface area contributed by atoms with E-state index in [-0.39, 0.29) is 18.2 Å². The fraction of sp³-hybridized carbons (Fsp3) is 0.333. The molecular weight excluding hydrogens is 120 g/mol. The van der Waals surface area contributed by atoms with Crippen LogP contribution in [0.2, 0.25) is 0 Å². The Balaban J connectivity index is 2.41. The lowest BCUT2D eigenvalue weighted by atomic mass is 10.1. The maximum Gasteiger partial charge on any atom is 0.307 e. The summed E-state index contributed by atoms with van der Waals surface area (Å²) in [4.78, 5) is 20.4. The van der Waals surface area contributed by atoms with Crippen molar-refractivity contribution >= 4 is 11.8 Å². The number of allylic oxidation sites excluding steroid dienone is 2. The summed E-state index contributed by atoms with van der Waals surface area (Å²) in [7, 11) is 0. The zero-order valence-corrected chi connectivity index (χ0v) is 5.01. The van der Waals surface area contributed by atoms with E-state index in [4.69, 9.17) is 0 Å². The van der Waals surface area contributed by atoms with Crippen LogP contribution in [0.5, 0.6) is 0 Å². The van der Waals surface area contributed by atoms with Crippen molar-refractivity contribution in [1.82, 2.24) is 0 Å². The van der Waals surface area contributed by atoms with Gasteiger partial charge in [0.05, 0.1) is 6.42 Å². The topological polar surface area (TPSA) is 43.4 Å². The summed E-state index contributed by atoms with van der Waals surface area (Å²) in [6, 6.07) is 0. The van der Waals surface area contributed by atoms with Crippen LogP contribution in [0.15, 0.2) is 11.8 Å². The van der Waals surface area contributed by atoms with Gasteiger partial charge in [0.15, 0.2) is 5.78 Å². The molecule has 3 heteroatoms. The SMILES string of the molecule is CC(=O)OC1=CC(=O)C1. The summed E-state index contributed by atoms with van der Waals surface area (Å²) >= 11 is 0. The van der Waals surface area contributed by atoms with Crippen LogP contribution in [0.3, 0.4) is 0 Å². The first-order chi connectivity index (χ1) is 4.18. The molecule has 0 unspecified atom stereocenters. The molecule has 0 amide bonds. The van der Waals surface area contributed by atoms with Crippen LogP contribution in [-0.4, -0.2) is 11.8 Å². The number of ketones is 1. The van der Waals surface area contributed by atoms with Gasteiger partial charge < -0.3 is 4.74 Å². The van der Waals surface area contributed by atoms with Gasteiger partial charge in [-0.15, -0.1) is 0 Å². The fourth-order valence-corrected chi connectivity index (χ4v) is 0.572. The van der Waals surface area contributed by atoms with Crippen LogP contribution in [0.1, 0.15) is 13.3 Å². The lowest BCUT2D eigenvalue weighted by molar-refractivity contribution is -0.138. The van der Waals surface area contributed by atoms with Crippen molar-refractivity contribution in [2.75, 3.05) is 0 Å². The Kier molecular flexibility index (Phi) is 1.34. The van der Waals surface area contributed by atoms with E-state index in [9.17, 15) is 9.59 Å². The van der Waals surface area contributed by atoms with Crippen LogP contribution in [0.4, 0.5) is 0 Å². The van der Waals surface area contributed by atoms with Crippen LogP contribution >= 0.6 is 0 Å². The molecule has 0 spiro atoms. The first kappa shape index (κ1) is 6.01. The lowest BCUT2D eigenvalue weighted by Gasteiger charge is -2.10. The van der Waals surface area contributed by atoms with Crippen molar-refractivity contribution < 1.29 is 14.3 Å². The summed E-state index contributed by atoms with van der Waals surface area (Å²) in [6.45, 7) is 1.31. The number of ether oxygens (including phenoxy) is 1. The number of carbonyl (C=O) groups excluding carboxylic acids is 2. The maximum atomic E-state index is 10.2. The minimum absolute atomic E-state index is 0.0197. The standard InChI is InChI=1S/C6H6O3/c1-4(7)9-6-2-5(8)3-6/h2H,3H2,1H3. The second-order valence-electron chi connectivity index (χ2n) is 1.85. The first-order valence-electron chi connectivity index (χ1n) is 2.60. The summed E-state index contributed by atoms with van der Waals surface area (Å²) < 4.78 is 4.56. The molecule has 1 rings (SSSR count). The smallest absolute Gasteiger partial charge is 0.307 e. The van der Waals surface area contributed by atoms with Crippen LogP contribution in [-0.2, 0) is 14.3 Å². The molecule has 0 N–H and O–H groups in total. The van der Waals surface area contributed by atoms with Crippen molar-refractivity contribution in [3.8, 4) is 0 Å². The van der Waals surface area contributed by atoms with Gasteiger partial charge in [0.25, 0.3) is 0 Å². The largest absolute Gasteiger partial charge is 0.431 e. The highest BCUT2D eigenvalue weighted by atomic mass is 16.5. The van der Waals surface area contributed by atoms with Crippen LogP contribution < -0.4 is 0 Å². The van der Waals surface area contributed by atoms with E-state index in [0.717, 1.165) is 0 Å². The van der Waals surface area contributed by atoms with Gasteiger partial charge in [-0.3, -0.25) is 9.59 Å². The predicted octanol–water partition coefficient (Wildman–Crippen LogP) is 0.406. The Morgan fingerprint density at radius 3 is 2.67 bits per heavy atom. The molecule has 0 heterocycles. The molecule has 0 aliphatic heterocycles. The van der Waals surface area contributed by atoms with Gasteiger partial charge in [-0.2, -0.15) is 0 Å². The average molecular weight is 126 g/mol. The highest BCUT2D eigenvalue weighted by Crippen LogP contribution is 2.14. The highest BCUT2D eigenvalue weighted by Gasteiger charge is 2.17. The number of esters is 1. The minimum atomic E-state index is -0.367. The normalized spacial score (nSPS) is 16.1. The molecule has 0 aromatic rings. The zero-order valence-electron chi connectivity index (χ0n) is 5.01. The van der Waals surface area contributed by atoms with Crippen molar-refractivity contribution in [1.29, 1.82) is 0 Å². The maximum absolute atomic E-state index is 10.2. The van der Waals surface area contributed by atoms with Crippen molar-refractivity contribution in [3.05, 3.63) is 11.8 Å². The van der Waals surface area contributed by atoms with Crippen LogP contribution in [0, 0.1) is 0 Å². The summed E-state index contributed by atoms with van der Waals surface area (Å²) in [5, 5.41) is 0. The van der Waals surface area contributed by atoms with E-state index in [0.29, 0.717) is 5.76 Å². The van der Waals surface area contributed by atoms with Gasteiger partial charge in [-0.05, 0) is 0 Å². The fourth-order valence-electron chi connectivity index (χ4n) is 0.572. The Labute approximate surface area is 52.3 Å². The molecule has 1 aliphatic rings. The van der Waals surface area contributed by atoms with Crippen molar-refractivity contribution in [2.24, 2.45) is 0 Å². The molecular formula is C6H6O3. The van der Waals surface area contributed by atoms with Crippen molar-refractivity contribution in [2.45, 2.75) is 13.3 Å².